The van der Waals surface area contributed by atoms with Crippen LogP contribution < -0.4 is 4.74 Å². The van der Waals surface area contributed by atoms with Crippen molar-refractivity contribution in [2.45, 2.75) is 13.3 Å². The molecule has 152 valence electrons. The number of hydrogen-bond acceptors (Lipinski definition) is 9. The van der Waals surface area contributed by atoms with Gasteiger partial charge in [0.05, 0.1) is 31.5 Å². The Morgan fingerprint density at radius 1 is 1.15 bits per heavy atom. The van der Waals surface area contributed by atoms with Gasteiger partial charge < -0.3 is 29.3 Å². The van der Waals surface area contributed by atoms with Crippen LogP contribution >= 0.6 is 11.7 Å². The van der Waals surface area contributed by atoms with Crippen LogP contribution in [0.4, 0.5) is 0 Å². The molecule has 0 aliphatic carbocycles. The highest BCUT2D eigenvalue weighted by atomic mass is 32.1. The summed E-state index contributed by atoms with van der Waals surface area (Å²) in [5.74, 6) is -3.03. The first-order valence-corrected chi connectivity index (χ1v) is 9.13. The minimum Gasteiger partial charge on any atom is -0.473 e. The van der Waals surface area contributed by atoms with Gasteiger partial charge in [0.1, 0.15) is 12.3 Å². The molecule has 0 aromatic carbocycles. The van der Waals surface area contributed by atoms with Crippen LogP contribution in [0.2, 0.25) is 0 Å². The normalized spacial score (nSPS) is 14.1. The predicted octanol–water partition coefficient (Wildman–Crippen LogP) is 0.845. The molecule has 1 aliphatic heterocycles. The first kappa shape index (κ1) is 23.0. The van der Waals surface area contributed by atoms with Crippen LogP contribution in [0.3, 0.4) is 0 Å². The van der Waals surface area contributed by atoms with Crippen molar-refractivity contribution >= 4 is 29.2 Å². The van der Waals surface area contributed by atoms with Crippen LogP contribution in [-0.2, 0) is 19.1 Å². The average molecular weight is 403 g/mol. The summed E-state index contributed by atoms with van der Waals surface area (Å²) >= 11 is 1.19. The van der Waals surface area contributed by atoms with Crippen molar-refractivity contribution in [1.29, 1.82) is 0 Å². The average Bonchev–Trinajstić information content (AvgIpc) is 3.10. The van der Waals surface area contributed by atoms with Crippen molar-refractivity contribution in [1.82, 2.24) is 13.6 Å². The van der Waals surface area contributed by atoms with Gasteiger partial charge in [-0.25, -0.2) is 9.59 Å². The molecule has 1 aliphatic rings. The van der Waals surface area contributed by atoms with E-state index in [1.54, 1.807) is 0 Å². The summed E-state index contributed by atoms with van der Waals surface area (Å²) in [6.45, 7) is 6.90. The molecule has 0 saturated heterocycles. The summed E-state index contributed by atoms with van der Waals surface area (Å²) in [6.07, 6.45) is 3.27. The topological polar surface area (TPSA) is 131 Å². The van der Waals surface area contributed by atoms with Crippen LogP contribution in [-0.4, -0.2) is 89.0 Å². The van der Waals surface area contributed by atoms with Crippen LogP contribution in [0, 0.1) is 0 Å². The molecule has 1 aromatic rings. The van der Waals surface area contributed by atoms with Crippen molar-refractivity contribution in [2.75, 3.05) is 53.2 Å². The largest absolute Gasteiger partial charge is 0.473 e. The van der Waals surface area contributed by atoms with Gasteiger partial charge in [-0.1, -0.05) is 6.08 Å². The summed E-state index contributed by atoms with van der Waals surface area (Å²) in [5.41, 5.74) is 2.07. The highest BCUT2D eigenvalue weighted by Gasteiger charge is 2.18. The lowest BCUT2D eigenvalue weighted by Gasteiger charge is -2.22. The van der Waals surface area contributed by atoms with E-state index in [-0.39, 0.29) is 0 Å². The summed E-state index contributed by atoms with van der Waals surface area (Å²) in [6, 6.07) is 0. The molecular weight excluding hydrogens is 378 g/mol. The number of likely N-dealkylation sites (N-methyl/N-ethyl adjacent to an activating group) is 1. The molecule has 0 radical (unpaired) electrons. The van der Waals surface area contributed by atoms with Gasteiger partial charge in [0, 0.05) is 19.7 Å². The standard InChI is InChI=1S/C14H23N3O3S.C2H2O4/c1-3-18-7-8-19-9-10-20-14-13(15-21-16-14)12-5-4-6-17(2)11-12;3-1(4)2(5)6/h5H,3-4,6-11H2,1-2H3;(H,3,4)(H,5,6). The van der Waals surface area contributed by atoms with Gasteiger partial charge in [-0.3, -0.25) is 0 Å². The number of carbonyl (C=O) groups is 2. The lowest BCUT2D eigenvalue weighted by atomic mass is 10.1. The fourth-order valence-corrected chi connectivity index (χ4v) is 2.63. The van der Waals surface area contributed by atoms with Gasteiger partial charge in [0.2, 0.25) is 0 Å². The maximum absolute atomic E-state index is 9.10. The zero-order valence-electron chi connectivity index (χ0n) is 15.4. The van der Waals surface area contributed by atoms with E-state index in [4.69, 9.17) is 34.0 Å². The van der Waals surface area contributed by atoms with E-state index in [0.29, 0.717) is 32.3 Å². The first-order chi connectivity index (χ1) is 13.0. The van der Waals surface area contributed by atoms with Crippen LogP contribution in [0.1, 0.15) is 19.0 Å². The van der Waals surface area contributed by atoms with Gasteiger partial charge in [0.25, 0.3) is 5.88 Å². The van der Waals surface area contributed by atoms with E-state index in [1.807, 2.05) is 6.92 Å². The molecule has 2 N–H and O–H groups in total. The van der Waals surface area contributed by atoms with E-state index in [2.05, 4.69) is 26.8 Å². The SMILES string of the molecule is CCOCCOCCOc1nsnc1C1=CCCN(C)C1.O=C(O)C(=O)O. The zero-order chi connectivity index (χ0) is 20.1. The van der Waals surface area contributed by atoms with Gasteiger partial charge in [-0.05, 0) is 26.0 Å². The maximum atomic E-state index is 9.10. The van der Waals surface area contributed by atoms with E-state index >= 15 is 0 Å². The second-order valence-electron chi connectivity index (χ2n) is 5.44. The minimum absolute atomic E-state index is 0.480. The second-order valence-corrected chi connectivity index (χ2v) is 5.97. The van der Waals surface area contributed by atoms with E-state index in [1.165, 1.54) is 17.3 Å². The number of carboxylic acid groups (broad SMARTS) is 2. The third kappa shape index (κ3) is 9.43. The van der Waals surface area contributed by atoms with Crippen LogP contribution in [0.25, 0.3) is 5.57 Å². The first-order valence-electron chi connectivity index (χ1n) is 8.40. The van der Waals surface area contributed by atoms with Crippen molar-refractivity contribution in [3.05, 3.63) is 11.8 Å². The quantitative estimate of drug-likeness (QED) is 0.452. The van der Waals surface area contributed by atoms with Gasteiger partial charge >= 0.3 is 11.9 Å². The number of ether oxygens (including phenoxy) is 3. The maximum Gasteiger partial charge on any atom is 0.414 e. The molecule has 0 atom stereocenters. The van der Waals surface area contributed by atoms with Gasteiger partial charge in [-0.2, -0.15) is 4.37 Å². The Bertz CT molecular complexity index is 609. The fourth-order valence-electron chi connectivity index (χ4n) is 2.10. The Kier molecular flexibility index (Phi) is 11.2. The number of aliphatic carboxylic acids is 2. The lowest BCUT2D eigenvalue weighted by molar-refractivity contribution is -0.159. The zero-order valence-corrected chi connectivity index (χ0v) is 16.2. The smallest absolute Gasteiger partial charge is 0.414 e. The fraction of sp³-hybridized carbons (Fsp3) is 0.625. The summed E-state index contributed by atoms with van der Waals surface area (Å²) in [4.78, 5) is 20.5. The molecule has 0 spiro atoms. The van der Waals surface area contributed by atoms with Crippen molar-refractivity contribution < 1.29 is 34.0 Å². The molecule has 2 rings (SSSR count). The third-order valence-electron chi connectivity index (χ3n) is 3.33. The van der Waals surface area contributed by atoms with Crippen molar-refractivity contribution in [3.63, 3.8) is 0 Å². The van der Waals surface area contributed by atoms with Gasteiger partial charge in [-0.15, -0.1) is 4.37 Å². The lowest BCUT2D eigenvalue weighted by Crippen LogP contribution is -2.25. The highest BCUT2D eigenvalue weighted by Crippen LogP contribution is 2.26. The van der Waals surface area contributed by atoms with E-state index in [9.17, 15) is 0 Å². The van der Waals surface area contributed by atoms with Crippen molar-refractivity contribution in [3.8, 4) is 5.88 Å². The Labute approximate surface area is 161 Å². The molecule has 11 heteroatoms. The second kappa shape index (κ2) is 13.1. The van der Waals surface area contributed by atoms with Crippen LogP contribution in [0.15, 0.2) is 6.08 Å². The Balaban J connectivity index is 0.000000527. The number of rotatable bonds is 9. The predicted molar refractivity (Wildman–Crippen MR) is 98.1 cm³/mol. The van der Waals surface area contributed by atoms with Gasteiger partial charge in [0.15, 0.2) is 0 Å². The Hall–Kier alpha value is -2.08. The number of carboxylic acids is 2. The summed E-state index contributed by atoms with van der Waals surface area (Å²) in [5, 5.41) is 14.8. The molecule has 27 heavy (non-hydrogen) atoms. The molecule has 0 saturated carbocycles. The number of aromatic nitrogens is 2. The summed E-state index contributed by atoms with van der Waals surface area (Å²) < 4.78 is 24.9. The molecular formula is C16H25N3O7S. The van der Waals surface area contributed by atoms with Crippen molar-refractivity contribution in [2.24, 2.45) is 0 Å². The number of hydrogen-bond donors (Lipinski definition) is 2. The van der Waals surface area contributed by atoms with Crippen LogP contribution in [0.5, 0.6) is 5.88 Å². The monoisotopic (exact) mass is 403 g/mol. The molecule has 0 bridgehead atoms. The molecule has 2 heterocycles. The molecule has 0 unspecified atom stereocenters. The van der Waals surface area contributed by atoms with E-state index < -0.39 is 11.9 Å². The molecule has 0 amide bonds. The third-order valence-corrected chi connectivity index (χ3v) is 3.84. The Morgan fingerprint density at radius 3 is 2.44 bits per heavy atom. The highest BCUT2D eigenvalue weighted by molar-refractivity contribution is 6.99. The van der Waals surface area contributed by atoms with E-state index in [0.717, 1.165) is 31.8 Å². The molecule has 1 aromatic heterocycles. The Morgan fingerprint density at radius 2 is 1.81 bits per heavy atom. The molecule has 0 fully saturated rings. The number of nitrogens with zero attached hydrogens (tertiary/aromatic N) is 3. The molecule has 10 nitrogen and oxygen atoms in total. The minimum atomic E-state index is -1.82. The summed E-state index contributed by atoms with van der Waals surface area (Å²) in [7, 11) is 2.11.